The molecule has 1 unspecified atom stereocenters. The fourth-order valence-corrected chi connectivity index (χ4v) is 3.12. The van der Waals surface area contributed by atoms with Gasteiger partial charge >= 0.3 is 5.97 Å². The summed E-state index contributed by atoms with van der Waals surface area (Å²) in [6.07, 6.45) is 2.78. The summed E-state index contributed by atoms with van der Waals surface area (Å²) >= 11 is 0. The predicted octanol–water partition coefficient (Wildman–Crippen LogP) is 1.30. The van der Waals surface area contributed by atoms with E-state index in [1.165, 1.54) is 12.2 Å². The lowest BCUT2D eigenvalue weighted by atomic mass is 10.1. The van der Waals surface area contributed by atoms with Crippen molar-refractivity contribution >= 4 is 23.7 Å². The second kappa shape index (κ2) is 13.4. The van der Waals surface area contributed by atoms with Crippen LogP contribution in [0.5, 0.6) is 11.5 Å². The summed E-state index contributed by atoms with van der Waals surface area (Å²) in [4.78, 5) is 50.5. The molecule has 1 aromatic carbocycles. The van der Waals surface area contributed by atoms with E-state index in [4.69, 9.17) is 19.9 Å². The number of nitrogens with one attached hydrogen (secondary N) is 3. The van der Waals surface area contributed by atoms with Gasteiger partial charge in [0, 0.05) is 29.8 Å². The molecule has 11 nitrogen and oxygen atoms in total. The molecule has 0 bridgehead atoms. The van der Waals surface area contributed by atoms with Crippen LogP contribution in [-0.4, -0.2) is 62.1 Å². The molecular formula is C24H30N4O7. The molecule has 2 aromatic rings. The van der Waals surface area contributed by atoms with Crippen molar-refractivity contribution in [2.24, 2.45) is 5.73 Å². The number of aromatic amines is 1. The van der Waals surface area contributed by atoms with Gasteiger partial charge in [-0.3, -0.25) is 14.4 Å². The van der Waals surface area contributed by atoms with E-state index in [-0.39, 0.29) is 31.7 Å². The molecule has 1 atom stereocenters. The van der Waals surface area contributed by atoms with Crippen LogP contribution in [0.1, 0.15) is 30.3 Å². The molecule has 0 saturated carbocycles. The average Bonchev–Trinajstić information content (AvgIpc) is 3.34. The molecular weight excluding hydrogens is 456 g/mol. The normalized spacial score (nSPS) is 11.5. The molecule has 0 radical (unpaired) electrons. The Labute approximate surface area is 203 Å². The van der Waals surface area contributed by atoms with Crippen molar-refractivity contribution in [1.29, 1.82) is 0 Å². The molecule has 0 fully saturated rings. The highest BCUT2D eigenvalue weighted by Crippen LogP contribution is 2.32. The number of methoxy groups -OCH3 is 2. The summed E-state index contributed by atoms with van der Waals surface area (Å²) in [5.74, 6) is -0.906. The van der Waals surface area contributed by atoms with Crippen LogP contribution in [-0.2, 0) is 19.1 Å². The third-order valence-electron chi connectivity index (χ3n) is 4.84. The first-order valence-corrected chi connectivity index (χ1v) is 10.9. The number of carbonyl (C=O) groups is 4. The molecule has 0 aliphatic heterocycles. The van der Waals surface area contributed by atoms with Crippen LogP contribution in [0.25, 0.3) is 11.3 Å². The largest absolute Gasteiger partial charge is 0.497 e. The predicted molar refractivity (Wildman–Crippen MR) is 128 cm³/mol. The van der Waals surface area contributed by atoms with Gasteiger partial charge in [-0.25, -0.2) is 4.79 Å². The van der Waals surface area contributed by atoms with E-state index < -0.39 is 29.7 Å². The van der Waals surface area contributed by atoms with Crippen molar-refractivity contribution in [1.82, 2.24) is 15.6 Å². The van der Waals surface area contributed by atoms with Gasteiger partial charge in [-0.2, -0.15) is 0 Å². The zero-order valence-electron chi connectivity index (χ0n) is 19.9. The maximum Gasteiger partial charge on any atom is 0.330 e. The fourth-order valence-electron chi connectivity index (χ4n) is 3.12. The first-order chi connectivity index (χ1) is 16.8. The third-order valence-corrected chi connectivity index (χ3v) is 4.84. The Morgan fingerprint density at radius 3 is 2.54 bits per heavy atom. The van der Waals surface area contributed by atoms with Crippen molar-refractivity contribution in [2.45, 2.75) is 25.8 Å². The van der Waals surface area contributed by atoms with Crippen molar-refractivity contribution in [3.63, 3.8) is 0 Å². The second-order valence-corrected chi connectivity index (χ2v) is 7.32. The fraction of sp³-hybridized carbons (Fsp3) is 0.333. The van der Waals surface area contributed by atoms with Crippen molar-refractivity contribution in [3.8, 4) is 22.8 Å². The summed E-state index contributed by atoms with van der Waals surface area (Å²) in [6.45, 7) is 1.55. The highest BCUT2D eigenvalue weighted by atomic mass is 16.5. The minimum absolute atomic E-state index is 0.00343. The first-order valence-electron chi connectivity index (χ1n) is 10.9. The number of benzene rings is 1. The number of ether oxygens (including phenoxy) is 3. The second-order valence-electron chi connectivity index (χ2n) is 7.32. The molecule has 11 heteroatoms. The van der Waals surface area contributed by atoms with Gasteiger partial charge in [-0.15, -0.1) is 0 Å². The van der Waals surface area contributed by atoms with Gasteiger partial charge in [-0.05, 0) is 43.7 Å². The minimum atomic E-state index is -0.645. The number of aromatic nitrogens is 1. The highest BCUT2D eigenvalue weighted by Gasteiger charge is 2.16. The minimum Gasteiger partial charge on any atom is -0.497 e. The summed E-state index contributed by atoms with van der Waals surface area (Å²) < 4.78 is 15.4. The molecule has 2 rings (SSSR count). The van der Waals surface area contributed by atoms with E-state index in [9.17, 15) is 19.2 Å². The third kappa shape index (κ3) is 8.54. The van der Waals surface area contributed by atoms with E-state index in [1.54, 1.807) is 51.5 Å². The molecule has 5 N–H and O–H groups in total. The maximum atomic E-state index is 12.5. The zero-order chi connectivity index (χ0) is 25.8. The Morgan fingerprint density at radius 1 is 1.11 bits per heavy atom. The van der Waals surface area contributed by atoms with Gasteiger partial charge in [-0.1, -0.05) is 6.08 Å². The molecule has 188 valence electrons. The number of amides is 3. The van der Waals surface area contributed by atoms with Crippen LogP contribution in [0.2, 0.25) is 0 Å². The number of primary amides is 1. The van der Waals surface area contributed by atoms with Crippen LogP contribution < -0.4 is 25.8 Å². The zero-order valence-corrected chi connectivity index (χ0v) is 19.9. The van der Waals surface area contributed by atoms with E-state index in [0.29, 0.717) is 22.8 Å². The lowest BCUT2D eigenvalue weighted by molar-refractivity contribution is -0.137. The smallest absolute Gasteiger partial charge is 0.330 e. The monoisotopic (exact) mass is 486 g/mol. The molecule has 0 spiro atoms. The van der Waals surface area contributed by atoms with Gasteiger partial charge < -0.3 is 35.6 Å². The Hall–Kier alpha value is -4.28. The number of hydrogen-bond donors (Lipinski definition) is 4. The van der Waals surface area contributed by atoms with Crippen molar-refractivity contribution in [2.75, 3.05) is 27.4 Å². The summed E-state index contributed by atoms with van der Waals surface area (Å²) in [5.41, 5.74) is 6.75. The molecule has 0 saturated heterocycles. The topological polar surface area (TPSA) is 162 Å². The van der Waals surface area contributed by atoms with Crippen molar-refractivity contribution < 1.29 is 33.4 Å². The van der Waals surface area contributed by atoms with E-state index >= 15 is 0 Å². The van der Waals surface area contributed by atoms with Crippen LogP contribution >= 0.6 is 0 Å². The lowest BCUT2D eigenvalue weighted by Crippen LogP contribution is -2.41. The van der Waals surface area contributed by atoms with Gasteiger partial charge in [0.25, 0.3) is 5.91 Å². The van der Waals surface area contributed by atoms with Crippen molar-refractivity contribution in [3.05, 3.63) is 48.2 Å². The number of rotatable bonds is 13. The first kappa shape index (κ1) is 27.0. The Kier molecular flexibility index (Phi) is 10.3. The SMILES string of the molecule is CCOC(=O)/C=C/C(CCC(N)=O)NC(=O)CNC(=O)c1ccc(-c2cc(OC)ccc2OC)[nH]1. The lowest BCUT2D eigenvalue weighted by Gasteiger charge is -2.14. The van der Waals surface area contributed by atoms with Gasteiger partial charge in [0.05, 0.1) is 27.4 Å². The number of carbonyl (C=O) groups excluding carboxylic acids is 4. The molecule has 0 aliphatic carbocycles. The molecule has 1 heterocycles. The van der Waals surface area contributed by atoms with E-state index in [0.717, 1.165) is 0 Å². The van der Waals surface area contributed by atoms with Crippen LogP contribution in [0.3, 0.4) is 0 Å². The number of nitrogens with two attached hydrogens (primary N) is 1. The van der Waals surface area contributed by atoms with E-state index in [2.05, 4.69) is 15.6 Å². The molecule has 3 amide bonds. The van der Waals surface area contributed by atoms with Crippen LogP contribution in [0.4, 0.5) is 0 Å². The van der Waals surface area contributed by atoms with Crippen LogP contribution in [0, 0.1) is 0 Å². The quantitative estimate of drug-likeness (QED) is 0.245. The maximum absolute atomic E-state index is 12.5. The summed E-state index contributed by atoms with van der Waals surface area (Å²) in [7, 11) is 3.09. The summed E-state index contributed by atoms with van der Waals surface area (Å²) in [6, 6.07) is 7.94. The standard InChI is InChI=1S/C24H30N4O7/c1-4-35-23(31)12-6-15(5-11-21(25)29)27-22(30)14-26-24(32)19-9-8-18(28-19)17-13-16(33-2)7-10-20(17)34-3/h6-10,12-13,15,28H,4-5,11,14H2,1-3H3,(H2,25,29)(H,26,32)(H,27,30)/b12-6+. The molecule has 35 heavy (non-hydrogen) atoms. The van der Waals surface area contributed by atoms with Gasteiger partial charge in [0.15, 0.2) is 0 Å². The number of hydrogen-bond acceptors (Lipinski definition) is 7. The average molecular weight is 487 g/mol. The van der Waals surface area contributed by atoms with E-state index in [1.807, 2.05) is 0 Å². The number of H-pyrrole nitrogens is 1. The number of esters is 1. The van der Waals surface area contributed by atoms with Crippen LogP contribution in [0.15, 0.2) is 42.5 Å². The Morgan fingerprint density at radius 2 is 1.89 bits per heavy atom. The highest BCUT2D eigenvalue weighted by molar-refractivity contribution is 5.96. The van der Waals surface area contributed by atoms with Gasteiger partial charge in [0.1, 0.15) is 17.2 Å². The molecule has 1 aromatic heterocycles. The Bertz CT molecular complexity index is 1080. The Balaban J connectivity index is 2.00. The van der Waals surface area contributed by atoms with Gasteiger partial charge in [0.2, 0.25) is 11.8 Å². The summed E-state index contributed by atoms with van der Waals surface area (Å²) in [5, 5.41) is 5.16. The molecule has 0 aliphatic rings.